The molecular weight excluding hydrogens is 540 g/mol. The molecule has 0 bridgehead atoms. The summed E-state index contributed by atoms with van der Waals surface area (Å²) in [6.45, 7) is 2.96. The average molecular weight is 575 g/mol. The van der Waals surface area contributed by atoms with Crippen molar-refractivity contribution >= 4 is 35.3 Å². The summed E-state index contributed by atoms with van der Waals surface area (Å²) in [5.41, 5.74) is 1.98. The van der Waals surface area contributed by atoms with Crippen molar-refractivity contribution in [1.82, 2.24) is 16.0 Å². The molecule has 0 unspecified atom stereocenters. The van der Waals surface area contributed by atoms with E-state index in [1.807, 2.05) is 12.1 Å². The molecule has 0 spiro atoms. The fraction of sp³-hybridized carbons (Fsp3) is 0.258. The molecule has 11 nitrogen and oxygen atoms in total. The van der Waals surface area contributed by atoms with Gasteiger partial charge in [-0.1, -0.05) is 60.7 Å². The zero-order valence-corrected chi connectivity index (χ0v) is 23.2. The SMILES string of the molecule is C[C@H](NC(=O)[C@H](C)N[C@H](Cc1ccccc1)C(=O)O)C(=O)N[C@@H](Cc1ccccc1)C(=O)Nc1ccc(C(=O)O)cc1. The summed E-state index contributed by atoms with van der Waals surface area (Å²) in [4.78, 5) is 62.0. The molecule has 0 heterocycles. The van der Waals surface area contributed by atoms with E-state index < -0.39 is 53.8 Å². The molecule has 0 aliphatic heterocycles. The Morgan fingerprint density at radius 3 is 1.62 bits per heavy atom. The highest BCUT2D eigenvalue weighted by Crippen LogP contribution is 2.12. The summed E-state index contributed by atoms with van der Waals surface area (Å²) in [6.07, 6.45) is 0.323. The summed E-state index contributed by atoms with van der Waals surface area (Å²) in [5.74, 6) is -3.95. The first-order chi connectivity index (χ1) is 20.0. The molecular formula is C31H34N4O7. The minimum absolute atomic E-state index is 0.0603. The molecule has 0 fully saturated rings. The number of carboxylic acid groups (broad SMARTS) is 2. The third kappa shape index (κ3) is 9.56. The summed E-state index contributed by atoms with van der Waals surface area (Å²) >= 11 is 0. The van der Waals surface area contributed by atoms with Gasteiger partial charge in [-0.15, -0.1) is 0 Å². The first-order valence-electron chi connectivity index (χ1n) is 13.3. The second-order valence-corrected chi connectivity index (χ2v) is 9.82. The van der Waals surface area contributed by atoms with Gasteiger partial charge in [-0.05, 0) is 55.7 Å². The second-order valence-electron chi connectivity index (χ2n) is 9.82. The lowest BCUT2D eigenvalue weighted by molar-refractivity contribution is -0.140. The van der Waals surface area contributed by atoms with Gasteiger partial charge in [0.2, 0.25) is 17.7 Å². The summed E-state index contributed by atoms with van der Waals surface area (Å²) in [5, 5.41) is 29.4. The minimum Gasteiger partial charge on any atom is -0.480 e. The fourth-order valence-electron chi connectivity index (χ4n) is 4.13. The Balaban J connectivity index is 1.63. The standard InChI is InChI=1S/C31H34N4O7/c1-19(32-26(31(41)42)18-22-11-7-4-8-12-22)27(36)33-20(2)28(37)35-25(17-21-9-5-3-6-10-21)29(38)34-24-15-13-23(14-16-24)30(39)40/h3-16,19-20,25-26,32H,17-18H2,1-2H3,(H,33,36)(H,34,38)(H,35,37)(H,39,40)(H,41,42)/t19-,20-,25-,26+/m0/s1. The summed E-state index contributed by atoms with van der Waals surface area (Å²) < 4.78 is 0. The molecule has 3 rings (SSSR count). The molecule has 42 heavy (non-hydrogen) atoms. The third-order valence-corrected chi connectivity index (χ3v) is 6.49. The molecule has 0 aromatic heterocycles. The normalized spacial score (nSPS) is 13.6. The van der Waals surface area contributed by atoms with Gasteiger partial charge in [0.05, 0.1) is 11.6 Å². The minimum atomic E-state index is -1.11. The maximum absolute atomic E-state index is 13.2. The van der Waals surface area contributed by atoms with E-state index in [1.165, 1.54) is 38.1 Å². The van der Waals surface area contributed by atoms with E-state index in [0.29, 0.717) is 5.69 Å². The molecule has 220 valence electrons. The highest BCUT2D eigenvalue weighted by molar-refractivity contribution is 5.99. The van der Waals surface area contributed by atoms with Gasteiger partial charge in [-0.3, -0.25) is 24.5 Å². The van der Waals surface area contributed by atoms with Gasteiger partial charge in [0.1, 0.15) is 18.1 Å². The van der Waals surface area contributed by atoms with E-state index in [1.54, 1.807) is 48.5 Å². The highest BCUT2D eigenvalue weighted by atomic mass is 16.4. The molecule has 3 aromatic rings. The number of nitrogens with one attached hydrogen (secondary N) is 4. The van der Waals surface area contributed by atoms with E-state index in [0.717, 1.165) is 11.1 Å². The van der Waals surface area contributed by atoms with Crippen LogP contribution >= 0.6 is 0 Å². The van der Waals surface area contributed by atoms with E-state index in [9.17, 15) is 29.1 Å². The van der Waals surface area contributed by atoms with Crippen molar-refractivity contribution in [3.8, 4) is 0 Å². The van der Waals surface area contributed by atoms with Gasteiger partial charge in [0.25, 0.3) is 0 Å². The highest BCUT2D eigenvalue weighted by Gasteiger charge is 2.28. The average Bonchev–Trinajstić information content (AvgIpc) is 2.97. The Morgan fingerprint density at radius 1 is 0.619 bits per heavy atom. The van der Waals surface area contributed by atoms with Crippen molar-refractivity contribution in [2.45, 2.75) is 50.9 Å². The van der Waals surface area contributed by atoms with Crippen molar-refractivity contribution < 1.29 is 34.2 Å². The van der Waals surface area contributed by atoms with E-state index in [4.69, 9.17) is 5.11 Å². The molecule has 0 saturated carbocycles. The Hall–Kier alpha value is -5.03. The van der Waals surface area contributed by atoms with Crippen LogP contribution in [0.4, 0.5) is 5.69 Å². The Kier molecular flexibility index (Phi) is 11.3. The smallest absolute Gasteiger partial charge is 0.335 e. The lowest BCUT2D eigenvalue weighted by Gasteiger charge is -2.24. The van der Waals surface area contributed by atoms with Crippen LogP contribution in [-0.4, -0.2) is 64.0 Å². The number of rotatable bonds is 14. The van der Waals surface area contributed by atoms with Crippen molar-refractivity contribution in [3.05, 3.63) is 102 Å². The van der Waals surface area contributed by atoms with Crippen LogP contribution in [0.2, 0.25) is 0 Å². The number of carboxylic acids is 2. The van der Waals surface area contributed by atoms with Crippen molar-refractivity contribution in [2.24, 2.45) is 0 Å². The molecule has 3 amide bonds. The number of carbonyl (C=O) groups excluding carboxylic acids is 3. The van der Waals surface area contributed by atoms with Crippen molar-refractivity contribution in [3.63, 3.8) is 0 Å². The van der Waals surface area contributed by atoms with Crippen LogP contribution in [0.3, 0.4) is 0 Å². The first kappa shape index (κ1) is 31.5. The predicted octanol–water partition coefficient (Wildman–Crippen LogP) is 2.23. The predicted molar refractivity (Wildman–Crippen MR) is 156 cm³/mol. The monoisotopic (exact) mass is 574 g/mol. The van der Waals surface area contributed by atoms with Crippen LogP contribution in [0.5, 0.6) is 0 Å². The number of aliphatic carboxylic acids is 1. The van der Waals surface area contributed by atoms with Crippen molar-refractivity contribution in [2.75, 3.05) is 5.32 Å². The Bertz CT molecular complexity index is 1380. The van der Waals surface area contributed by atoms with E-state index in [2.05, 4.69) is 21.3 Å². The molecule has 4 atom stereocenters. The molecule has 0 aliphatic rings. The van der Waals surface area contributed by atoms with Crippen LogP contribution in [0.25, 0.3) is 0 Å². The maximum Gasteiger partial charge on any atom is 0.335 e. The molecule has 11 heteroatoms. The topological polar surface area (TPSA) is 174 Å². The number of carbonyl (C=O) groups is 5. The van der Waals surface area contributed by atoms with E-state index >= 15 is 0 Å². The number of anilines is 1. The van der Waals surface area contributed by atoms with Crippen LogP contribution in [-0.2, 0) is 32.0 Å². The van der Waals surface area contributed by atoms with Gasteiger partial charge >= 0.3 is 11.9 Å². The number of benzene rings is 3. The zero-order chi connectivity index (χ0) is 30.6. The van der Waals surface area contributed by atoms with Crippen LogP contribution in [0.1, 0.15) is 35.3 Å². The first-order valence-corrected chi connectivity index (χ1v) is 13.3. The van der Waals surface area contributed by atoms with Gasteiger partial charge in [0, 0.05) is 12.1 Å². The lowest BCUT2D eigenvalue weighted by Crippen LogP contribution is -2.56. The Labute approximate surface area is 243 Å². The van der Waals surface area contributed by atoms with Gasteiger partial charge in [-0.2, -0.15) is 0 Å². The van der Waals surface area contributed by atoms with Gasteiger partial charge in [0.15, 0.2) is 0 Å². The number of amides is 3. The number of hydrogen-bond acceptors (Lipinski definition) is 6. The number of hydrogen-bond donors (Lipinski definition) is 6. The molecule has 0 aliphatic carbocycles. The van der Waals surface area contributed by atoms with Crippen LogP contribution in [0, 0.1) is 0 Å². The Morgan fingerprint density at radius 2 is 1.12 bits per heavy atom. The lowest BCUT2D eigenvalue weighted by atomic mass is 10.0. The molecule has 6 N–H and O–H groups in total. The summed E-state index contributed by atoms with van der Waals surface area (Å²) in [6, 6.07) is 19.6. The van der Waals surface area contributed by atoms with Crippen LogP contribution < -0.4 is 21.3 Å². The molecule has 0 saturated heterocycles. The van der Waals surface area contributed by atoms with Crippen LogP contribution in [0.15, 0.2) is 84.9 Å². The van der Waals surface area contributed by atoms with Crippen molar-refractivity contribution in [1.29, 1.82) is 0 Å². The second kappa shape index (κ2) is 15.1. The molecule has 0 radical (unpaired) electrons. The molecule has 3 aromatic carbocycles. The largest absolute Gasteiger partial charge is 0.480 e. The quantitative estimate of drug-likeness (QED) is 0.170. The third-order valence-electron chi connectivity index (χ3n) is 6.49. The zero-order valence-electron chi connectivity index (χ0n) is 23.2. The van der Waals surface area contributed by atoms with Gasteiger partial charge < -0.3 is 26.2 Å². The summed E-state index contributed by atoms with van der Waals surface area (Å²) in [7, 11) is 0. The number of aromatic carboxylic acids is 1. The van der Waals surface area contributed by atoms with E-state index in [-0.39, 0.29) is 18.4 Å². The maximum atomic E-state index is 13.2. The van der Waals surface area contributed by atoms with Gasteiger partial charge in [-0.25, -0.2) is 4.79 Å². The fourth-order valence-corrected chi connectivity index (χ4v) is 4.13.